The first-order valence-corrected chi connectivity index (χ1v) is 8.10. The maximum atomic E-state index is 12.5. The van der Waals surface area contributed by atoms with E-state index in [1.807, 2.05) is 29.7 Å². The van der Waals surface area contributed by atoms with Crippen LogP contribution in [0.3, 0.4) is 0 Å². The predicted octanol–water partition coefficient (Wildman–Crippen LogP) is 3.23. The minimum atomic E-state index is -0.892. The van der Waals surface area contributed by atoms with E-state index in [1.54, 1.807) is 11.3 Å². The molecule has 1 aliphatic rings. The van der Waals surface area contributed by atoms with Gasteiger partial charge >= 0.3 is 5.97 Å². The summed E-state index contributed by atoms with van der Waals surface area (Å²) in [5.74, 6) is -1.88. The van der Waals surface area contributed by atoms with E-state index in [1.165, 1.54) is 0 Å². The highest BCUT2D eigenvalue weighted by atomic mass is 32.1. The van der Waals surface area contributed by atoms with Gasteiger partial charge in [-0.1, -0.05) is 32.1 Å². The molecule has 0 spiro atoms. The molecule has 0 aliphatic heterocycles. The molecule has 2 rings (SSSR count). The van der Waals surface area contributed by atoms with Crippen molar-refractivity contribution < 1.29 is 14.7 Å². The summed E-state index contributed by atoms with van der Waals surface area (Å²) in [5, 5.41) is 14.3. The van der Waals surface area contributed by atoms with Crippen LogP contribution in [-0.2, 0) is 9.59 Å². The molecule has 114 valence electrons. The van der Waals surface area contributed by atoms with Crippen molar-refractivity contribution in [3.63, 3.8) is 0 Å². The molecule has 5 heteroatoms. The van der Waals surface area contributed by atoms with E-state index >= 15 is 0 Å². The molecular formula is C16H21NO3S. The average Bonchev–Trinajstić information content (AvgIpc) is 2.97. The van der Waals surface area contributed by atoms with Crippen molar-refractivity contribution in [2.45, 2.75) is 32.7 Å². The second-order valence-electron chi connectivity index (χ2n) is 5.74. The van der Waals surface area contributed by atoms with Crippen LogP contribution >= 0.6 is 11.3 Å². The fraction of sp³-hybridized carbons (Fsp3) is 0.500. The smallest absolute Gasteiger partial charge is 0.307 e. The van der Waals surface area contributed by atoms with Gasteiger partial charge in [-0.25, -0.2) is 0 Å². The number of nitrogens with one attached hydrogen (secondary N) is 1. The summed E-state index contributed by atoms with van der Waals surface area (Å²) in [6, 6.07) is 3.91. The number of amides is 1. The Kier molecular flexibility index (Phi) is 5.17. The van der Waals surface area contributed by atoms with Gasteiger partial charge in [0, 0.05) is 4.88 Å². The minimum Gasteiger partial charge on any atom is -0.481 e. The van der Waals surface area contributed by atoms with E-state index in [-0.39, 0.29) is 17.9 Å². The maximum Gasteiger partial charge on any atom is 0.307 e. The van der Waals surface area contributed by atoms with E-state index < -0.39 is 17.8 Å². The first-order valence-electron chi connectivity index (χ1n) is 7.22. The van der Waals surface area contributed by atoms with Gasteiger partial charge in [0.15, 0.2) is 0 Å². The first-order chi connectivity index (χ1) is 10.0. The molecule has 4 nitrogen and oxygen atoms in total. The molecule has 0 bridgehead atoms. The van der Waals surface area contributed by atoms with E-state index in [4.69, 9.17) is 0 Å². The Hall–Kier alpha value is -1.62. The number of thiophene rings is 1. The van der Waals surface area contributed by atoms with Crippen molar-refractivity contribution in [3.8, 4) is 0 Å². The Morgan fingerprint density at radius 2 is 1.95 bits per heavy atom. The van der Waals surface area contributed by atoms with Crippen LogP contribution in [0.15, 0.2) is 29.7 Å². The molecule has 0 radical (unpaired) electrons. The number of aliphatic carboxylic acids is 1. The number of hydrogen-bond donors (Lipinski definition) is 2. The van der Waals surface area contributed by atoms with Crippen molar-refractivity contribution in [2.75, 3.05) is 0 Å². The van der Waals surface area contributed by atoms with Crippen molar-refractivity contribution in [2.24, 2.45) is 17.8 Å². The zero-order valence-electron chi connectivity index (χ0n) is 12.3. The van der Waals surface area contributed by atoms with Crippen LogP contribution < -0.4 is 5.32 Å². The second-order valence-corrected chi connectivity index (χ2v) is 6.72. The summed E-state index contributed by atoms with van der Waals surface area (Å²) in [7, 11) is 0. The monoisotopic (exact) mass is 307 g/mol. The van der Waals surface area contributed by atoms with Gasteiger partial charge in [0.05, 0.1) is 17.9 Å². The topological polar surface area (TPSA) is 66.4 Å². The number of carboxylic acids is 1. The Bertz CT molecular complexity index is 522. The summed E-state index contributed by atoms with van der Waals surface area (Å²) in [6.45, 7) is 4.11. The van der Waals surface area contributed by atoms with E-state index in [9.17, 15) is 14.7 Å². The molecule has 1 aliphatic carbocycles. The zero-order chi connectivity index (χ0) is 15.4. The third kappa shape index (κ3) is 3.73. The van der Waals surface area contributed by atoms with Gasteiger partial charge in [-0.05, 0) is 30.2 Å². The molecule has 1 aromatic rings. The largest absolute Gasteiger partial charge is 0.481 e. The minimum absolute atomic E-state index is 0.0575. The second kappa shape index (κ2) is 6.89. The standard InChI is InChI=1S/C16H21NO3S/c1-10(2)14(13-8-5-9-21-13)17-15(18)11-6-3-4-7-12(11)16(19)20/h3-5,8-12,14H,6-7H2,1-2H3,(H,17,18)(H,19,20). The molecule has 2 N–H and O–H groups in total. The number of carboxylic acid groups (broad SMARTS) is 1. The van der Waals surface area contributed by atoms with Crippen LogP contribution in [0.25, 0.3) is 0 Å². The van der Waals surface area contributed by atoms with Crippen molar-refractivity contribution in [3.05, 3.63) is 34.5 Å². The van der Waals surface area contributed by atoms with Crippen LogP contribution in [0, 0.1) is 17.8 Å². The molecule has 1 aromatic heterocycles. The molecule has 0 saturated heterocycles. The molecule has 0 saturated carbocycles. The van der Waals surface area contributed by atoms with E-state index in [0.717, 1.165) is 4.88 Å². The van der Waals surface area contributed by atoms with Crippen molar-refractivity contribution in [1.29, 1.82) is 0 Å². The first kappa shape index (κ1) is 15.8. The van der Waals surface area contributed by atoms with Crippen LogP contribution in [0.5, 0.6) is 0 Å². The van der Waals surface area contributed by atoms with Gasteiger partial charge in [-0.3, -0.25) is 9.59 Å². The predicted molar refractivity (Wildman–Crippen MR) is 83.0 cm³/mol. The summed E-state index contributed by atoms with van der Waals surface area (Å²) < 4.78 is 0. The Balaban J connectivity index is 2.11. The fourth-order valence-electron chi connectivity index (χ4n) is 2.67. The molecule has 3 atom stereocenters. The number of hydrogen-bond acceptors (Lipinski definition) is 3. The lowest BCUT2D eigenvalue weighted by molar-refractivity contribution is -0.147. The lowest BCUT2D eigenvalue weighted by atomic mass is 9.82. The number of allylic oxidation sites excluding steroid dienone is 2. The van der Waals surface area contributed by atoms with Gasteiger partial charge in [0.1, 0.15) is 0 Å². The fourth-order valence-corrected chi connectivity index (χ4v) is 3.62. The SMILES string of the molecule is CC(C)C(NC(=O)C1CC=CCC1C(=O)O)c1cccs1. The van der Waals surface area contributed by atoms with Crippen LogP contribution in [-0.4, -0.2) is 17.0 Å². The molecule has 1 amide bonds. The number of rotatable bonds is 5. The summed E-state index contributed by atoms with van der Waals surface area (Å²) in [4.78, 5) is 24.9. The van der Waals surface area contributed by atoms with Crippen LogP contribution in [0.4, 0.5) is 0 Å². The Labute approximate surface area is 128 Å². The highest BCUT2D eigenvalue weighted by Crippen LogP contribution is 2.30. The third-order valence-corrected chi connectivity index (χ3v) is 4.86. The lowest BCUT2D eigenvalue weighted by Gasteiger charge is -2.28. The lowest BCUT2D eigenvalue weighted by Crippen LogP contribution is -2.41. The van der Waals surface area contributed by atoms with Crippen molar-refractivity contribution >= 4 is 23.2 Å². The molecule has 21 heavy (non-hydrogen) atoms. The van der Waals surface area contributed by atoms with Gasteiger partial charge in [0.25, 0.3) is 0 Å². The zero-order valence-corrected chi connectivity index (χ0v) is 13.1. The van der Waals surface area contributed by atoms with Gasteiger partial charge in [-0.15, -0.1) is 11.3 Å². The Morgan fingerprint density at radius 1 is 1.29 bits per heavy atom. The molecular weight excluding hydrogens is 286 g/mol. The summed E-state index contributed by atoms with van der Waals surface area (Å²) >= 11 is 1.61. The number of carbonyl (C=O) groups is 2. The van der Waals surface area contributed by atoms with Gasteiger partial charge in [0.2, 0.25) is 5.91 Å². The third-order valence-electron chi connectivity index (χ3n) is 3.90. The molecule has 0 aromatic carbocycles. The quantitative estimate of drug-likeness (QED) is 0.821. The molecule has 0 fully saturated rings. The average molecular weight is 307 g/mol. The summed E-state index contributed by atoms with van der Waals surface area (Å²) in [6.07, 6.45) is 4.68. The normalized spacial score (nSPS) is 23.0. The summed E-state index contributed by atoms with van der Waals surface area (Å²) in [5.41, 5.74) is 0. The van der Waals surface area contributed by atoms with Gasteiger partial charge < -0.3 is 10.4 Å². The molecule has 3 unspecified atom stereocenters. The van der Waals surface area contributed by atoms with Crippen molar-refractivity contribution in [1.82, 2.24) is 5.32 Å². The highest BCUT2D eigenvalue weighted by Gasteiger charge is 2.35. The number of carbonyl (C=O) groups excluding carboxylic acids is 1. The van der Waals surface area contributed by atoms with Crippen LogP contribution in [0.2, 0.25) is 0 Å². The van der Waals surface area contributed by atoms with E-state index in [0.29, 0.717) is 12.8 Å². The van der Waals surface area contributed by atoms with Gasteiger partial charge in [-0.2, -0.15) is 0 Å². The van der Waals surface area contributed by atoms with E-state index in [2.05, 4.69) is 19.2 Å². The maximum absolute atomic E-state index is 12.5. The Morgan fingerprint density at radius 3 is 2.48 bits per heavy atom. The molecule has 1 heterocycles. The van der Waals surface area contributed by atoms with Crippen LogP contribution in [0.1, 0.15) is 37.6 Å². The highest BCUT2D eigenvalue weighted by molar-refractivity contribution is 7.10.